The SMILES string of the molecule is COC(=O)C1CN(c2ncc(Cl)cc2F)CCO1. The molecule has 1 aliphatic heterocycles. The summed E-state index contributed by atoms with van der Waals surface area (Å²) in [7, 11) is 1.28. The fourth-order valence-corrected chi connectivity index (χ4v) is 1.90. The lowest BCUT2D eigenvalue weighted by atomic mass is 10.2. The molecule has 1 aromatic rings. The molecule has 2 heterocycles. The van der Waals surface area contributed by atoms with E-state index in [-0.39, 0.29) is 17.4 Å². The van der Waals surface area contributed by atoms with E-state index in [1.54, 1.807) is 4.90 Å². The average molecular weight is 275 g/mol. The molecule has 1 atom stereocenters. The maximum absolute atomic E-state index is 13.7. The molecule has 1 fully saturated rings. The van der Waals surface area contributed by atoms with Gasteiger partial charge in [0.05, 0.1) is 25.3 Å². The number of hydrogen-bond donors (Lipinski definition) is 0. The fraction of sp³-hybridized carbons (Fsp3) is 0.455. The summed E-state index contributed by atoms with van der Waals surface area (Å²) in [6.45, 7) is 0.973. The topological polar surface area (TPSA) is 51.7 Å². The molecule has 1 unspecified atom stereocenters. The first kappa shape index (κ1) is 13.0. The molecule has 0 aromatic carbocycles. The summed E-state index contributed by atoms with van der Waals surface area (Å²) in [4.78, 5) is 16.9. The zero-order valence-electron chi connectivity index (χ0n) is 9.73. The van der Waals surface area contributed by atoms with E-state index < -0.39 is 17.9 Å². The second kappa shape index (κ2) is 5.49. The van der Waals surface area contributed by atoms with Crippen molar-refractivity contribution in [3.8, 4) is 0 Å². The number of methoxy groups -OCH3 is 1. The van der Waals surface area contributed by atoms with Crippen molar-refractivity contribution in [1.29, 1.82) is 0 Å². The number of pyridine rings is 1. The Hall–Kier alpha value is -1.40. The average Bonchev–Trinajstić information content (AvgIpc) is 2.38. The fourth-order valence-electron chi connectivity index (χ4n) is 1.76. The van der Waals surface area contributed by atoms with Gasteiger partial charge in [0.25, 0.3) is 0 Å². The second-order valence-electron chi connectivity index (χ2n) is 3.79. The Labute approximate surface area is 108 Å². The lowest BCUT2D eigenvalue weighted by Gasteiger charge is -2.32. The van der Waals surface area contributed by atoms with Crippen LogP contribution in [-0.4, -0.2) is 43.9 Å². The Morgan fingerprint density at radius 2 is 2.50 bits per heavy atom. The van der Waals surface area contributed by atoms with Gasteiger partial charge in [0.15, 0.2) is 17.7 Å². The lowest BCUT2D eigenvalue weighted by molar-refractivity contribution is -0.154. The van der Waals surface area contributed by atoms with E-state index in [9.17, 15) is 9.18 Å². The highest BCUT2D eigenvalue weighted by molar-refractivity contribution is 6.30. The molecule has 1 saturated heterocycles. The van der Waals surface area contributed by atoms with Crippen molar-refractivity contribution >= 4 is 23.4 Å². The minimum Gasteiger partial charge on any atom is -0.467 e. The molecule has 0 N–H and O–H groups in total. The Kier molecular flexibility index (Phi) is 3.98. The van der Waals surface area contributed by atoms with Crippen LogP contribution in [0.15, 0.2) is 12.3 Å². The van der Waals surface area contributed by atoms with Gasteiger partial charge < -0.3 is 14.4 Å². The van der Waals surface area contributed by atoms with Crippen LogP contribution in [0.5, 0.6) is 0 Å². The van der Waals surface area contributed by atoms with Crippen LogP contribution in [0.25, 0.3) is 0 Å². The van der Waals surface area contributed by atoms with E-state index in [0.29, 0.717) is 13.2 Å². The molecular formula is C11H12ClFN2O3. The van der Waals surface area contributed by atoms with Crippen LogP contribution in [0, 0.1) is 5.82 Å². The number of aromatic nitrogens is 1. The highest BCUT2D eigenvalue weighted by Gasteiger charge is 2.29. The molecule has 98 valence electrons. The maximum Gasteiger partial charge on any atom is 0.336 e. The quantitative estimate of drug-likeness (QED) is 0.760. The standard InChI is InChI=1S/C11H12ClFN2O3/c1-17-11(16)9-6-15(2-3-18-9)10-8(13)4-7(12)5-14-10/h4-5,9H,2-3,6H2,1H3. The molecule has 1 aliphatic rings. The van der Waals surface area contributed by atoms with E-state index in [0.717, 1.165) is 0 Å². The Balaban J connectivity index is 2.15. The Morgan fingerprint density at radius 3 is 3.17 bits per heavy atom. The highest BCUT2D eigenvalue weighted by Crippen LogP contribution is 2.21. The molecule has 7 heteroatoms. The first-order valence-electron chi connectivity index (χ1n) is 5.37. The summed E-state index contributed by atoms with van der Waals surface area (Å²) in [6, 6.07) is 1.19. The van der Waals surface area contributed by atoms with Gasteiger partial charge in [-0.2, -0.15) is 0 Å². The molecule has 0 amide bonds. The molecule has 1 aromatic heterocycles. The first-order valence-corrected chi connectivity index (χ1v) is 5.75. The van der Waals surface area contributed by atoms with E-state index in [4.69, 9.17) is 16.3 Å². The molecule has 0 bridgehead atoms. The van der Waals surface area contributed by atoms with Crippen LogP contribution in [0.4, 0.5) is 10.2 Å². The molecule has 18 heavy (non-hydrogen) atoms. The molecule has 0 radical (unpaired) electrons. The van der Waals surface area contributed by atoms with Crippen molar-refractivity contribution in [2.24, 2.45) is 0 Å². The minimum absolute atomic E-state index is 0.164. The second-order valence-corrected chi connectivity index (χ2v) is 4.22. The summed E-state index contributed by atoms with van der Waals surface area (Å²) in [5, 5.41) is 0.231. The van der Waals surface area contributed by atoms with Crippen LogP contribution < -0.4 is 4.90 Å². The van der Waals surface area contributed by atoms with Crippen molar-refractivity contribution in [1.82, 2.24) is 4.98 Å². The Bertz CT molecular complexity index is 458. The van der Waals surface area contributed by atoms with Gasteiger partial charge in [0, 0.05) is 12.7 Å². The smallest absolute Gasteiger partial charge is 0.336 e. The Morgan fingerprint density at radius 1 is 1.72 bits per heavy atom. The van der Waals surface area contributed by atoms with Gasteiger partial charge in [-0.15, -0.1) is 0 Å². The van der Waals surface area contributed by atoms with Crippen molar-refractivity contribution in [3.63, 3.8) is 0 Å². The first-order chi connectivity index (χ1) is 8.61. The number of halogens is 2. The number of hydrogen-bond acceptors (Lipinski definition) is 5. The van der Waals surface area contributed by atoms with Gasteiger partial charge in [-0.05, 0) is 6.07 Å². The zero-order valence-corrected chi connectivity index (χ0v) is 10.5. The minimum atomic E-state index is -0.722. The number of rotatable bonds is 2. The normalized spacial score (nSPS) is 19.7. The summed E-state index contributed by atoms with van der Waals surface area (Å²) >= 11 is 5.64. The third-order valence-electron chi connectivity index (χ3n) is 2.62. The van der Waals surface area contributed by atoms with Gasteiger partial charge in [-0.3, -0.25) is 0 Å². The zero-order chi connectivity index (χ0) is 13.1. The van der Waals surface area contributed by atoms with Crippen molar-refractivity contribution in [3.05, 3.63) is 23.1 Å². The van der Waals surface area contributed by atoms with Crippen LogP contribution in [0.2, 0.25) is 5.02 Å². The van der Waals surface area contributed by atoms with E-state index in [1.165, 1.54) is 19.4 Å². The summed E-state index contributed by atoms with van der Waals surface area (Å²) in [5.74, 6) is -0.835. The van der Waals surface area contributed by atoms with Gasteiger partial charge in [-0.1, -0.05) is 11.6 Å². The third kappa shape index (κ3) is 2.70. The highest BCUT2D eigenvalue weighted by atomic mass is 35.5. The maximum atomic E-state index is 13.7. The molecule has 0 spiro atoms. The monoisotopic (exact) mass is 274 g/mol. The van der Waals surface area contributed by atoms with Gasteiger partial charge in [-0.25, -0.2) is 14.2 Å². The largest absolute Gasteiger partial charge is 0.467 e. The van der Waals surface area contributed by atoms with Crippen LogP contribution >= 0.6 is 11.6 Å². The predicted octanol–water partition coefficient (Wildman–Crippen LogP) is 1.25. The molecule has 2 rings (SSSR count). The van der Waals surface area contributed by atoms with E-state index >= 15 is 0 Å². The van der Waals surface area contributed by atoms with Crippen LogP contribution in [0.3, 0.4) is 0 Å². The summed E-state index contributed by atoms with van der Waals surface area (Å²) in [5.41, 5.74) is 0. The van der Waals surface area contributed by atoms with Crippen LogP contribution in [-0.2, 0) is 14.3 Å². The van der Waals surface area contributed by atoms with E-state index in [1.807, 2.05) is 0 Å². The van der Waals surface area contributed by atoms with Crippen molar-refractivity contribution in [2.45, 2.75) is 6.10 Å². The van der Waals surface area contributed by atoms with Crippen molar-refractivity contribution in [2.75, 3.05) is 31.7 Å². The number of esters is 1. The molecule has 0 saturated carbocycles. The van der Waals surface area contributed by atoms with Crippen molar-refractivity contribution < 1.29 is 18.7 Å². The molecular weight excluding hydrogens is 263 g/mol. The lowest BCUT2D eigenvalue weighted by Crippen LogP contribution is -2.47. The number of nitrogens with zero attached hydrogens (tertiary/aromatic N) is 2. The summed E-state index contributed by atoms with van der Waals surface area (Å²) in [6.07, 6.45) is 0.642. The van der Waals surface area contributed by atoms with Gasteiger partial charge in [0.1, 0.15) is 0 Å². The summed E-state index contributed by atoms with van der Waals surface area (Å²) < 4.78 is 23.6. The van der Waals surface area contributed by atoms with Crippen LogP contribution in [0.1, 0.15) is 0 Å². The number of carbonyl (C=O) groups excluding carboxylic acids is 1. The molecule has 5 nitrogen and oxygen atoms in total. The van der Waals surface area contributed by atoms with Gasteiger partial charge >= 0.3 is 5.97 Å². The van der Waals surface area contributed by atoms with E-state index in [2.05, 4.69) is 9.72 Å². The molecule has 0 aliphatic carbocycles. The number of ether oxygens (including phenoxy) is 2. The van der Waals surface area contributed by atoms with Gasteiger partial charge in [0.2, 0.25) is 0 Å². The third-order valence-corrected chi connectivity index (χ3v) is 2.83. The number of morpholine rings is 1. The number of anilines is 1. The predicted molar refractivity (Wildman–Crippen MR) is 63.2 cm³/mol. The number of carbonyl (C=O) groups is 1.